The average molecular weight is 941 g/mol. The van der Waals surface area contributed by atoms with Crippen molar-refractivity contribution >= 4 is 45.7 Å². The summed E-state index contributed by atoms with van der Waals surface area (Å²) in [5.74, 6) is -1.20. The number of benzene rings is 3. The van der Waals surface area contributed by atoms with Gasteiger partial charge in [-0.15, -0.1) is 5.76 Å². The lowest BCUT2D eigenvalue weighted by Crippen LogP contribution is -2.42. The summed E-state index contributed by atoms with van der Waals surface area (Å²) < 4.78 is 4.73. The molecule has 8 heteroatoms. The van der Waals surface area contributed by atoms with Crippen LogP contribution < -0.4 is 20.0 Å². The van der Waals surface area contributed by atoms with Crippen molar-refractivity contribution in [2.75, 3.05) is 36.0 Å². The molecule has 0 saturated heterocycles. The van der Waals surface area contributed by atoms with Gasteiger partial charge in [0.2, 0.25) is 11.4 Å². The zero-order valence-electron chi connectivity index (χ0n) is 44.2. The zero-order valence-corrected chi connectivity index (χ0v) is 44.2. The van der Waals surface area contributed by atoms with Crippen molar-refractivity contribution in [1.82, 2.24) is 0 Å². The first kappa shape index (κ1) is 49.2. The van der Waals surface area contributed by atoms with Gasteiger partial charge in [-0.3, -0.25) is 9.59 Å². The number of carbonyl (C=O) groups excluding carboxylic acids is 2. The summed E-state index contributed by atoms with van der Waals surface area (Å²) in [6.07, 6.45) is 14.1. The van der Waals surface area contributed by atoms with Crippen LogP contribution in [-0.2, 0) is 31.2 Å². The predicted molar refractivity (Wildman–Crippen MR) is 282 cm³/mol. The van der Waals surface area contributed by atoms with Gasteiger partial charge in [-0.05, 0) is 75.9 Å². The number of hydrogen-bond donors (Lipinski definition) is 0. The number of para-hydroxylation sites is 2. The molecule has 0 bridgehead atoms. The third kappa shape index (κ3) is 7.52. The van der Waals surface area contributed by atoms with Gasteiger partial charge in [-0.2, -0.15) is 9.15 Å². The second kappa shape index (κ2) is 18.1. The molecule has 0 aromatic heterocycles. The van der Waals surface area contributed by atoms with Crippen molar-refractivity contribution in [3.63, 3.8) is 0 Å². The molecule has 1 unspecified atom stereocenters. The lowest BCUT2D eigenvalue weighted by Gasteiger charge is -2.37. The molecule has 70 heavy (non-hydrogen) atoms. The Labute approximate surface area is 418 Å². The standard InChI is InChI=1S/C62H76N4O4/c1-13-17-29-63-47-27-23-21-25-43(47)59(5,6)51(63)33-39-55(67)41(56(39)68)35-53-61(9,10)45-37-46-50(38-49(45)65(53)31-19-15-3)66(32-20-16-4)54(62(46,11)12)36-42-57(69)40(58(42)70)34-52-60(7,8)44-26-22-24-28-48(44)64(52)30-18-14-2/h21-28,33-35,37-38,42H,13-20,29-32,36H2,1-12H3/b52-34+. The van der Waals surface area contributed by atoms with Gasteiger partial charge in [0, 0.05) is 112 Å². The first-order valence-electron chi connectivity index (χ1n) is 26.6. The number of hydrogen-bond acceptors (Lipinski definition) is 6. The molecule has 0 radical (unpaired) electrons. The molecule has 4 aliphatic heterocycles. The van der Waals surface area contributed by atoms with E-state index in [0.29, 0.717) is 12.0 Å². The molecule has 0 N–H and O–H groups in total. The van der Waals surface area contributed by atoms with E-state index >= 15 is 0 Å². The highest BCUT2D eigenvalue weighted by Gasteiger charge is 2.52. The summed E-state index contributed by atoms with van der Waals surface area (Å²) in [6, 6.07) is 21.6. The topological polar surface area (TPSA) is 92.8 Å². The lowest BCUT2D eigenvalue weighted by molar-refractivity contribution is -0.440. The highest BCUT2D eigenvalue weighted by Crippen LogP contribution is 2.55. The van der Waals surface area contributed by atoms with E-state index in [1.165, 1.54) is 16.7 Å². The Morgan fingerprint density at radius 2 is 1.13 bits per heavy atom. The quantitative estimate of drug-likeness (QED) is 0.0989. The summed E-state index contributed by atoms with van der Waals surface area (Å²) in [4.78, 5) is 33.3. The number of unbranched alkanes of at least 4 members (excludes halogenated alkanes) is 4. The molecular weight excluding hydrogens is 865 g/mol. The van der Waals surface area contributed by atoms with E-state index in [9.17, 15) is 19.8 Å². The van der Waals surface area contributed by atoms with Crippen LogP contribution in [0.5, 0.6) is 0 Å². The number of rotatable bonds is 17. The van der Waals surface area contributed by atoms with Crippen LogP contribution in [0.1, 0.15) is 163 Å². The number of anilines is 2. The van der Waals surface area contributed by atoms with Gasteiger partial charge in [0.05, 0.1) is 16.5 Å². The molecule has 3 aromatic rings. The SMILES string of the molecule is CCCCN1/C(=C/C2=C([O-])C(CC3=[N+](CCCC)c4cc5c(cc4C3(C)C)C(C)(C)/C(=C\C3=C([O-])C(=C/C4=[N+](CCCC)c6ccccc6C4(C)C)/C3=O)N5CCCC)C2=O)C(C)(C)c2ccccc21. The van der Waals surface area contributed by atoms with Crippen LogP contribution in [0.3, 0.4) is 0 Å². The first-order valence-corrected chi connectivity index (χ1v) is 26.6. The maximum absolute atomic E-state index is 14.4. The third-order valence-electron chi connectivity index (χ3n) is 16.9. The molecular formula is C62H76N4O4. The minimum absolute atomic E-state index is 0.0569. The fraction of sp³-hybridized carbons (Fsp3) is 0.484. The molecule has 0 spiro atoms. The molecule has 4 heterocycles. The van der Waals surface area contributed by atoms with Crippen LogP contribution in [0.2, 0.25) is 0 Å². The summed E-state index contributed by atoms with van der Waals surface area (Å²) in [6.45, 7) is 29.7. The highest BCUT2D eigenvalue weighted by molar-refractivity contribution is 6.24. The number of carbonyl (C=O) groups is 2. The van der Waals surface area contributed by atoms with Crippen LogP contribution in [0.25, 0.3) is 0 Å². The molecule has 0 amide bonds. The smallest absolute Gasteiger partial charge is 0.211 e. The van der Waals surface area contributed by atoms with Crippen molar-refractivity contribution in [2.24, 2.45) is 5.92 Å². The largest absolute Gasteiger partial charge is 0.874 e. The molecule has 368 valence electrons. The zero-order chi connectivity index (χ0) is 50.2. The van der Waals surface area contributed by atoms with E-state index in [-0.39, 0.29) is 45.1 Å². The second-order valence-corrected chi connectivity index (χ2v) is 22.9. The third-order valence-corrected chi connectivity index (χ3v) is 16.9. The summed E-state index contributed by atoms with van der Waals surface area (Å²) in [5.41, 5.74) is 12.6. The molecule has 6 aliphatic rings. The van der Waals surface area contributed by atoms with E-state index in [4.69, 9.17) is 0 Å². The Morgan fingerprint density at radius 1 is 0.571 bits per heavy atom. The van der Waals surface area contributed by atoms with Gasteiger partial charge in [0.25, 0.3) is 0 Å². The van der Waals surface area contributed by atoms with E-state index in [0.717, 1.165) is 129 Å². The fourth-order valence-electron chi connectivity index (χ4n) is 12.5. The Morgan fingerprint density at radius 3 is 1.74 bits per heavy atom. The molecule has 8 nitrogen and oxygen atoms in total. The van der Waals surface area contributed by atoms with Crippen molar-refractivity contribution in [3.8, 4) is 0 Å². The van der Waals surface area contributed by atoms with E-state index < -0.39 is 16.7 Å². The molecule has 0 fully saturated rings. The highest BCUT2D eigenvalue weighted by atomic mass is 16.3. The van der Waals surface area contributed by atoms with E-state index in [2.05, 4.69) is 163 Å². The van der Waals surface area contributed by atoms with E-state index in [1.54, 1.807) is 0 Å². The van der Waals surface area contributed by atoms with Crippen LogP contribution in [0.15, 0.2) is 119 Å². The van der Waals surface area contributed by atoms with Gasteiger partial charge in [0.15, 0.2) is 23.0 Å². The molecule has 2 aliphatic carbocycles. The summed E-state index contributed by atoms with van der Waals surface area (Å²) in [5, 5.41) is 28.7. The Bertz CT molecular complexity index is 2930. The van der Waals surface area contributed by atoms with Gasteiger partial charge in [-0.25, -0.2) is 0 Å². The van der Waals surface area contributed by atoms with E-state index in [1.807, 2.05) is 18.2 Å². The minimum Gasteiger partial charge on any atom is -0.874 e. The molecule has 0 saturated carbocycles. The van der Waals surface area contributed by atoms with Gasteiger partial charge in [-0.1, -0.05) is 123 Å². The van der Waals surface area contributed by atoms with Crippen LogP contribution >= 0.6 is 0 Å². The Kier molecular flexibility index (Phi) is 12.8. The van der Waals surface area contributed by atoms with Crippen molar-refractivity contribution in [3.05, 3.63) is 141 Å². The van der Waals surface area contributed by atoms with Crippen LogP contribution in [-0.4, -0.2) is 58.3 Å². The molecule has 1 atom stereocenters. The van der Waals surface area contributed by atoms with Gasteiger partial charge >= 0.3 is 0 Å². The normalized spacial score (nSPS) is 23.0. The summed E-state index contributed by atoms with van der Waals surface area (Å²) in [7, 11) is 0. The van der Waals surface area contributed by atoms with Crippen LogP contribution in [0, 0.1) is 5.92 Å². The average Bonchev–Trinajstić information content (AvgIpc) is 3.87. The number of Topliss-reactive ketones (excluding diaryl/α,β-unsaturated/α-hetero) is 2. The number of fused-ring (bicyclic) bond motifs is 4. The second-order valence-electron chi connectivity index (χ2n) is 22.9. The van der Waals surface area contributed by atoms with Gasteiger partial charge < -0.3 is 20.0 Å². The van der Waals surface area contributed by atoms with Crippen molar-refractivity contribution in [1.29, 1.82) is 0 Å². The number of allylic oxidation sites excluding steroid dienone is 9. The van der Waals surface area contributed by atoms with Crippen molar-refractivity contribution in [2.45, 2.75) is 163 Å². The maximum atomic E-state index is 14.4. The number of ketones is 2. The lowest BCUT2D eigenvalue weighted by atomic mass is 9.71. The fourth-order valence-corrected chi connectivity index (χ4v) is 12.5. The van der Waals surface area contributed by atoms with Crippen LogP contribution in [0.4, 0.5) is 22.7 Å². The maximum Gasteiger partial charge on any atom is 0.211 e. The minimum atomic E-state index is -0.712. The van der Waals surface area contributed by atoms with Crippen molar-refractivity contribution < 1.29 is 29.0 Å². The molecule has 9 rings (SSSR count). The Balaban J connectivity index is 1.07. The summed E-state index contributed by atoms with van der Waals surface area (Å²) >= 11 is 0. The monoisotopic (exact) mass is 941 g/mol. The predicted octanol–water partition coefficient (Wildman–Crippen LogP) is 11.3. The Hall–Kier alpha value is -5.76. The van der Waals surface area contributed by atoms with Gasteiger partial charge in [0.1, 0.15) is 13.1 Å². The molecule has 3 aromatic carbocycles. The first-order chi connectivity index (χ1) is 33.3. The number of nitrogens with zero attached hydrogens (tertiary/aromatic N) is 4.